The number of carbonyl (C=O) groups excluding carboxylic acids is 1. The molecule has 8 heteroatoms. The highest BCUT2D eigenvalue weighted by Crippen LogP contribution is 2.47. The fourth-order valence-electron chi connectivity index (χ4n) is 4.32. The summed E-state index contributed by atoms with van der Waals surface area (Å²) in [4.78, 5) is 16.8. The number of ether oxygens (including phenoxy) is 1. The first-order valence-electron chi connectivity index (χ1n) is 9.97. The molecule has 2 aromatic rings. The standard InChI is InChI=1S/C21H23N3O4S/c25-21(20-10-19(20)14-2-1-9-22-11-14)23-15-3-7-18(8-4-15)29(26,27)24-12-16-5-6-17(13-24)28-16/h1-4,7-9,11,16-17,19-20H,5-6,10,12-13H2,(H,23,25). The number of amides is 1. The fraction of sp³-hybridized carbons (Fsp3) is 0.429. The van der Waals surface area contributed by atoms with E-state index in [4.69, 9.17) is 4.74 Å². The lowest BCUT2D eigenvalue weighted by molar-refractivity contribution is -0.117. The number of aromatic nitrogens is 1. The van der Waals surface area contributed by atoms with Gasteiger partial charge in [0.2, 0.25) is 15.9 Å². The molecule has 0 spiro atoms. The average molecular weight is 413 g/mol. The van der Waals surface area contributed by atoms with Gasteiger partial charge in [0.15, 0.2) is 0 Å². The smallest absolute Gasteiger partial charge is 0.243 e. The van der Waals surface area contributed by atoms with Crippen molar-refractivity contribution >= 4 is 21.6 Å². The number of nitrogens with zero attached hydrogens (tertiary/aromatic N) is 2. The second kappa shape index (κ2) is 7.19. The lowest BCUT2D eigenvalue weighted by Gasteiger charge is -2.31. The molecule has 1 amide bonds. The zero-order valence-electron chi connectivity index (χ0n) is 15.9. The molecule has 1 saturated carbocycles. The summed E-state index contributed by atoms with van der Waals surface area (Å²) < 4.78 is 33.1. The highest BCUT2D eigenvalue weighted by Gasteiger charge is 2.44. The first-order chi connectivity index (χ1) is 14.0. The number of nitrogens with one attached hydrogen (secondary N) is 1. The summed E-state index contributed by atoms with van der Waals surface area (Å²) in [5, 5.41) is 2.90. The molecular formula is C21H23N3O4S. The Bertz CT molecular complexity index is 998. The molecule has 4 unspecified atom stereocenters. The van der Waals surface area contributed by atoms with Gasteiger partial charge in [0.1, 0.15) is 0 Å². The van der Waals surface area contributed by atoms with Gasteiger partial charge in [0.25, 0.3) is 0 Å². The zero-order chi connectivity index (χ0) is 20.0. The third kappa shape index (κ3) is 3.68. The molecule has 1 aromatic heterocycles. The van der Waals surface area contributed by atoms with Crippen LogP contribution in [-0.4, -0.2) is 48.9 Å². The Kier molecular flexibility index (Phi) is 4.64. The number of fused-ring (bicyclic) bond motifs is 2. The van der Waals surface area contributed by atoms with Gasteiger partial charge in [0.05, 0.1) is 17.1 Å². The third-order valence-electron chi connectivity index (χ3n) is 6.01. The normalized spacial score (nSPS) is 28.8. The van der Waals surface area contributed by atoms with Crippen LogP contribution in [0.15, 0.2) is 53.7 Å². The van der Waals surface area contributed by atoms with Crippen LogP contribution in [0.5, 0.6) is 0 Å². The molecule has 2 saturated heterocycles. The predicted octanol–water partition coefficient (Wildman–Crippen LogP) is 2.38. The lowest BCUT2D eigenvalue weighted by atomic mass is 10.1. The van der Waals surface area contributed by atoms with Gasteiger partial charge in [-0.1, -0.05) is 6.07 Å². The number of benzene rings is 1. The predicted molar refractivity (Wildman–Crippen MR) is 107 cm³/mol. The van der Waals surface area contributed by atoms with E-state index in [9.17, 15) is 13.2 Å². The summed E-state index contributed by atoms with van der Waals surface area (Å²) in [5.74, 6) is 0.102. The van der Waals surface area contributed by atoms with Crippen molar-refractivity contribution in [1.29, 1.82) is 0 Å². The summed E-state index contributed by atoms with van der Waals surface area (Å²) >= 11 is 0. The number of carbonyl (C=O) groups is 1. The largest absolute Gasteiger partial charge is 0.372 e. The minimum absolute atomic E-state index is 0.00777. The van der Waals surface area contributed by atoms with E-state index in [1.807, 2.05) is 12.1 Å². The maximum Gasteiger partial charge on any atom is 0.243 e. The average Bonchev–Trinajstić information content (AvgIpc) is 3.48. The second-order valence-electron chi connectivity index (χ2n) is 8.03. The number of hydrogen-bond donors (Lipinski definition) is 1. The fourth-order valence-corrected chi connectivity index (χ4v) is 5.82. The summed E-state index contributed by atoms with van der Waals surface area (Å²) in [5.41, 5.74) is 1.68. The summed E-state index contributed by atoms with van der Waals surface area (Å²) in [6, 6.07) is 10.3. The number of morpholine rings is 1. The Labute approximate surface area is 170 Å². The van der Waals surface area contributed by atoms with Crippen molar-refractivity contribution < 1.29 is 17.9 Å². The molecule has 1 aromatic carbocycles. The van der Waals surface area contributed by atoms with E-state index in [1.54, 1.807) is 36.7 Å². The van der Waals surface area contributed by atoms with Crippen LogP contribution in [0.2, 0.25) is 0 Å². The molecule has 2 bridgehead atoms. The Morgan fingerprint density at radius 3 is 2.48 bits per heavy atom. The molecule has 3 heterocycles. The quantitative estimate of drug-likeness (QED) is 0.813. The van der Waals surface area contributed by atoms with E-state index in [1.165, 1.54) is 4.31 Å². The highest BCUT2D eigenvalue weighted by atomic mass is 32.2. The molecule has 7 nitrogen and oxygen atoms in total. The van der Waals surface area contributed by atoms with Gasteiger partial charge in [0, 0.05) is 37.1 Å². The van der Waals surface area contributed by atoms with Gasteiger partial charge in [-0.15, -0.1) is 0 Å². The number of anilines is 1. The Morgan fingerprint density at radius 2 is 1.83 bits per heavy atom. The molecule has 3 fully saturated rings. The van der Waals surface area contributed by atoms with Gasteiger partial charge >= 0.3 is 0 Å². The Balaban J connectivity index is 1.23. The minimum atomic E-state index is -3.55. The van der Waals surface area contributed by atoms with Crippen molar-refractivity contribution in [2.45, 2.75) is 42.3 Å². The summed E-state index contributed by atoms with van der Waals surface area (Å²) in [7, 11) is -3.55. The Morgan fingerprint density at radius 1 is 1.10 bits per heavy atom. The third-order valence-corrected chi connectivity index (χ3v) is 7.86. The number of pyridine rings is 1. The van der Waals surface area contributed by atoms with E-state index in [0.29, 0.717) is 18.8 Å². The van der Waals surface area contributed by atoms with Crippen LogP contribution >= 0.6 is 0 Å². The van der Waals surface area contributed by atoms with Gasteiger partial charge in [-0.3, -0.25) is 9.78 Å². The molecule has 2 aliphatic heterocycles. The lowest BCUT2D eigenvalue weighted by Crippen LogP contribution is -2.45. The van der Waals surface area contributed by atoms with Crippen LogP contribution in [-0.2, 0) is 19.6 Å². The van der Waals surface area contributed by atoms with Crippen molar-refractivity contribution in [1.82, 2.24) is 9.29 Å². The van der Waals surface area contributed by atoms with Gasteiger partial charge in [-0.05, 0) is 61.1 Å². The van der Waals surface area contributed by atoms with E-state index in [-0.39, 0.29) is 34.8 Å². The summed E-state index contributed by atoms with van der Waals surface area (Å²) in [6.07, 6.45) is 6.18. The van der Waals surface area contributed by atoms with Crippen molar-refractivity contribution in [2.75, 3.05) is 18.4 Å². The molecule has 5 rings (SSSR count). The van der Waals surface area contributed by atoms with Crippen LogP contribution in [0.1, 0.15) is 30.7 Å². The van der Waals surface area contributed by atoms with E-state index < -0.39 is 10.0 Å². The van der Waals surface area contributed by atoms with Crippen molar-refractivity contribution in [2.24, 2.45) is 5.92 Å². The molecule has 29 heavy (non-hydrogen) atoms. The van der Waals surface area contributed by atoms with E-state index in [0.717, 1.165) is 24.8 Å². The highest BCUT2D eigenvalue weighted by molar-refractivity contribution is 7.89. The minimum Gasteiger partial charge on any atom is -0.372 e. The monoisotopic (exact) mass is 413 g/mol. The molecule has 1 aliphatic carbocycles. The number of sulfonamides is 1. The Hall–Kier alpha value is -2.29. The van der Waals surface area contributed by atoms with Crippen molar-refractivity contribution in [3.05, 3.63) is 54.4 Å². The van der Waals surface area contributed by atoms with Crippen molar-refractivity contribution in [3.8, 4) is 0 Å². The topological polar surface area (TPSA) is 88.6 Å². The van der Waals surface area contributed by atoms with Crippen LogP contribution in [0.3, 0.4) is 0 Å². The first-order valence-corrected chi connectivity index (χ1v) is 11.4. The molecule has 152 valence electrons. The van der Waals surface area contributed by atoms with Crippen LogP contribution in [0.4, 0.5) is 5.69 Å². The van der Waals surface area contributed by atoms with Crippen LogP contribution in [0.25, 0.3) is 0 Å². The van der Waals surface area contributed by atoms with E-state index >= 15 is 0 Å². The summed E-state index contributed by atoms with van der Waals surface area (Å²) in [6.45, 7) is 0.823. The maximum absolute atomic E-state index is 12.9. The number of rotatable bonds is 5. The zero-order valence-corrected chi connectivity index (χ0v) is 16.7. The molecule has 3 aliphatic rings. The number of hydrogen-bond acceptors (Lipinski definition) is 5. The van der Waals surface area contributed by atoms with Gasteiger partial charge in [-0.2, -0.15) is 4.31 Å². The maximum atomic E-state index is 12.9. The van der Waals surface area contributed by atoms with Crippen LogP contribution in [0, 0.1) is 5.92 Å². The molecule has 1 N–H and O–H groups in total. The van der Waals surface area contributed by atoms with Gasteiger partial charge in [-0.25, -0.2) is 8.42 Å². The first kappa shape index (κ1) is 18.7. The second-order valence-corrected chi connectivity index (χ2v) is 9.97. The van der Waals surface area contributed by atoms with E-state index in [2.05, 4.69) is 10.3 Å². The molecule has 4 atom stereocenters. The SMILES string of the molecule is O=C(Nc1ccc(S(=O)(=O)N2CC3CCC(C2)O3)cc1)C1CC1c1cccnc1. The van der Waals surface area contributed by atoms with Crippen LogP contribution < -0.4 is 5.32 Å². The molecule has 0 radical (unpaired) electrons. The van der Waals surface area contributed by atoms with Crippen molar-refractivity contribution in [3.63, 3.8) is 0 Å². The van der Waals surface area contributed by atoms with Gasteiger partial charge < -0.3 is 10.1 Å². The molecular weight excluding hydrogens is 390 g/mol.